The summed E-state index contributed by atoms with van der Waals surface area (Å²) < 4.78 is 4.94. The van der Waals surface area contributed by atoms with Crippen molar-refractivity contribution >= 4 is 46.5 Å². The van der Waals surface area contributed by atoms with Crippen molar-refractivity contribution < 1.29 is 9.53 Å². The van der Waals surface area contributed by atoms with Crippen LogP contribution >= 0.6 is 35.0 Å². The van der Waals surface area contributed by atoms with Crippen LogP contribution in [0.25, 0.3) is 5.57 Å². The van der Waals surface area contributed by atoms with Crippen molar-refractivity contribution in [3.05, 3.63) is 69.8 Å². The number of carbonyl (C=O) groups excluding carboxylic acids is 1. The van der Waals surface area contributed by atoms with E-state index in [9.17, 15) is 4.79 Å². The average molecular weight is 396 g/mol. The van der Waals surface area contributed by atoms with E-state index in [2.05, 4.69) is 0 Å². The highest BCUT2D eigenvalue weighted by Gasteiger charge is 2.17. The summed E-state index contributed by atoms with van der Waals surface area (Å²) >= 11 is 14.1. The first-order valence-electron chi connectivity index (χ1n) is 7.55. The van der Waals surface area contributed by atoms with Crippen molar-refractivity contribution in [3.63, 3.8) is 0 Å². The van der Waals surface area contributed by atoms with Crippen LogP contribution in [-0.4, -0.2) is 32.1 Å². The van der Waals surface area contributed by atoms with Gasteiger partial charge in [-0.1, -0.05) is 47.5 Å². The molecule has 0 aromatic heterocycles. The molecule has 0 unspecified atom stereocenters. The highest BCUT2D eigenvalue weighted by atomic mass is 35.5. The first kappa shape index (κ1) is 19.7. The topological polar surface area (TPSA) is 29.5 Å². The van der Waals surface area contributed by atoms with E-state index in [4.69, 9.17) is 27.9 Å². The first-order valence-corrected chi connectivity index (χ1v) is 9.30. The van der Waals surface area contributed by atoms with Gasteiger partial charge < -0.3 is 9.64 Å². The molecule has 2 aromatic rings. The minimum atomic E-state index is -0.377. The van der Waals surface area contributed by atoms with E-state index in [1.165, 1.54) is 7.11 Å². The number of rotatable bonds is 6. The second-order valence-corrected chi connectivity index (χ2v) is 7.31. The van der Waals surface area contributed by atoms with Crippen LogP contribution < -0.4 is 0 Å². The summed E-state index contributed by atoms with van der Waals surface area (Å²) in [4.78, 5) is 15.0. The van der Waals surface area contributed by atoms with Crippen molar-refractivity contribution in [2.75, 3.05) is 21.2 Å². The molecule has 0 spiro atoms. The second-order valence-electron chi connectivity index (χ2n) is 5.48. The standard InChI is InChI=1S/C19H19Cl2NO2S/c1-22(2)11-14(19(23)24-3)13-7-4-5-10-18(13)25-12-15-16(20)8-6-9-17(15)21/h4-11H,12H2,1-3H3/b14-11+. The molecule has 6 heteroatoms. The van der Waals surface area contributed by atoms with Crippen LogP contribution in [0.5, 0.6) is 0 Å². The zero-order valence-corrected chi connectivity index (χ0v) is 16.6. The molecule has 0 atom stereocenters. The number of hydrogen-bond donors (Lipinski definition) is 0. The van der Waals surface area contributed by atoms with Gasteiger partial charge in [0.1, 0.15) is 0 Å². The second kappa shape index (κ2) is 9.18. The van der Waals surface area contributed by atoms with E-state index in [1.807, 2.05) is 61.5 Å². The van der Waals surface area contributed by atoms with Crippen LogP contribution in [0.15, 0.2) is 53.6 Å². The lowest BCUT2D eigenvalue weighted by molar-refractivity contribution is -0.133. The van der Waals surface area contributed by atoms with Gasteiger partial charge in [0.05, 0.1) is 12.7 Å². The molecule has 3 nitrogen and oxygen atoms in total. The average Bonchev–Trinajstić information content (AvgIpc) is 2.59. The summed E-state index contributed by atoms with van der Waals surface area (Å²) in [5, 5.41) is 1.27. The molecule has 0 bridgehead atoms. The summed E-state index contributed by atoms with van der Waals surface area (Å²) in [7, 11) is 5.11. The number of methoxy groups -OCH3 is 1. The third-order valence-corrected chi connectivity index (χ3v) is 5.21. The quantitative estimate of drug-likeness (QED) is 0.374. The summed E-state index contributed by atoms with van der Waals surface area (Å²) in [6.07, 6.45) is 1.76. The number of carbonyl (C=O) groups is 1. The van der Waals surface area contributed by atoms with Gasteiger partial charge in [-0.15, -0.1) is 11.8 Å². The van der Waals surface area contributed by atoms with Crippen molar-refractivity contribution in [3.8, 4) is 0 Å². The molecule has 25 heavy (non-hydrogen) atoms. The molecule has 0 aliphatic rings. The van der Waals surface area contributed by atoms with Gasteiger partial charge in [0.2, 0.25) is 0 Å². The van der Waals surface area contributed by atoms with Crippen LogP contribution in [0.1, 0.15) is 11.1 Å². The fourth-order valence-corrected chi connectivity index (χ4v) is 4.04. The molecular weight excluding hydrogens is 377 g/mol. The lowest BCUT2D eigenvalue weighted by Gasteiger charge is -2.14. The van der Waals surface area contributed by atoms with Crippen LogP contribution in [0.3, 0.4) is 0 Å². The third kappa shape index (κ3) is 5.18. The first-order chi connectivity index (χ1) is 11.9. The molecule has 0 saturated heterocycles. The fourth-order valence-electron chi connectivity index (χ4n) is 2.24. The van der Waals surface area contributed by atoms with Crippen molar-refractivity contribution in [2.45, 2.75) is 10.6 Å². The normalized spacial score (nSPS) is 11.3. The maximum Gasteiger partial charge on any atom is 0.339 e. The highest BCUT2D eigenvalue weighted by Crippen LogP contribution is 2.35. The largest absolute Gasteiger partial charge is 0.465 e. The number of nitrogens with zero attached hydrogens (tertiary/aromatic N) is 1. The smallest absolute Gasteiger partial charge is 0.339 e. The molecule has 0 aliphatic carbocycles. The molecule has 132 valence electrons. The minimum absolute atomic E-state index is 0.377. The predicted octanol–water partition coefficient (Wildman–Crippen LogP) is 5.36. The number of halogens is 2. The van der Waals surface area contributed by atoms with Crippen LogP contribution in [0.4, 0.5) is 0 Å². The van der Waals surface area contributed by atoms with Gasteiger partial charge in [0.25, 0.3) is 0 Å². The molecule has 0 heterocycles. The minimum Gasteiger partial charge on any atom is -0.465 e. The van der Waals surface area contributed by atoms with Crippen LogP contribution in [-0.2, 0) is 15.3 Å². The van der Waals surface area contributed by atoms with Gasteiger partial charge in [-0.05, 0) is 23.8 Å². The third-order valence-electron chi connectivity index (χ3n) is 3.40. The highest BCUT2D eigenvalue weighted by molar-refractivity contribution is 7.98. The van der Waals surface area contributed by atoms with Gasteiger partial charge >= 0.3 is 5.97 Å². The molecular formula is C19H19Cl2NO2S. The Hall–Kier alpha value is -1.62. The summed E-state index contributed by atoms with van der Waals surface area (Å²) in [6, 6.07) is 13.2. The Morgan fingerprint density at radius 1 is 1.12 bits per heavy atom. The summed E-state index contributed by atoms with van der Waals surface area (Å²) in [5.74, 6) is 0.226. The van der Waals surface area contributed by atoms with E-state index in [0.29, 0.717) is 21.4 Å². The molecule has 0 radical (unpaired) electrons. The molecule has 2 aromatic carbocycles. The number of thioether (sulfide) groups is 1. The molecule has 2 rings (SSSR count). The van der Waals surface area contributed by atoms with E-state index in [-0.39, 0.29) is 5.97 Å². The van der Waals surface area contributed by atoms with Gasteiger partial charge in [-0.25, -0.2) is 4.79 Å². The molecule has 0 aliphatic heterocycles. The Morgan fingerprint density at radius 3 is 2.36 bits per heavy atom. The van der Waals surface area contributed by atoms with Crippen molar-refractivity contribution in [2.24, 2.45) is 0 Å². The molecule has 0 amide bonds. The number of hydrogen-bond acceptors (Lipinski definition) is 4. The monoisotopic (exact) mass is 395 g/mol. The van der Waals surface area contributed by atoms with Crippen LogP contribution in [0.2, 0.25) is 10.0 Å². The van der Waals surface area contributed by atoms with E-state index in [0.717, 1.165) is 16.0 Å². The van der Waals surface area contributed by atoms with Gasteiger partial charge in [-0.2, -0.15) is 0 Å². The summed E-state index contributed by atoms with van der Waals surface area (Å²) in [5.41, 5.74) is 2.19. The van der Waals surface area contributed by atoms with E-state index in [1.54, 1.807) is 18.0 Å². The molecule has 0 saturated carbocycles. The van der Waals surface area contributed by atoms with Gasteiger partial charge in [-0.3, -0.25) is 0 Å². The Balaban J connectivity index is 2.36. The Morgan fingerprint density at radius 2 is 1.76 bits per heavy atom. The van der Waals surface area contributed by atoms with Crippen molar-refractivity contribution in [1.29, 1.82) is 0 Å². The number of esters is 1. The fraction of sp³-hybridized carbons (Fsp3) is 0.211. The van der Waals surface area contributed by atoms with E-state index >= 15 is 0 Å². The lowest BCUT2D eigenvalue weighted by Crippen LogP contribution is -2.10. The zero-order valence-electron chi connectivity index (χ0n) is 14.3. The Labute approximate surface area is 162 Å². The van der Waals surface area contributed by atoms with Crippen molar-refractivity contribution in [1.82, 2.24) is 4.90 Å². The number of ether oxygens (including phenoxy) is 1. The molecule has 0 fully saturated rings. The lowest BCUT2D eigenvalue weighted by atomic mass is 10.1. The predicted molar refractivity (Wildman–Crippen MR) is 106 cm³/mol. The van der Waals surface area contributed by atoms with E-state index < -0.39 is 0 Å². The van der Waals surface area contributed by atoms with Gasteiger partial charge in [0, 0.05) is 46.6 Å². The van der Waals surface area contributed by atoms with Crippen LogP contribution in [0, 0.1) is 0 Å². The van der Waals surface area contributed by atoms with Gasteiger partial charge in [0.15, 0.2) is 0 Å². The maximum atomic E-state index is 12.2. The SMILES string of the molecule is COC(=O)/C(=C/N(C)C)c1ccccc1SCc1c(Cl)cccc1Cl. The number of benzene rings is 2. The molecule has 0 N–H and O–H groups in total. The zero-order chi connectivity index (χ0) is 18.4. The summed E-state index contributed by atoms with van der Waals surface area (Å²) in [6.45, 7) is 0. The maximum absolute atomic E-state index is 12.2. The Bertz CT molecular complexity index is 770. The Kier molecular flexibility index (Phi) is 7.24.